The minimum Gasteiger partial charge on any atom is -0.370 e. The van der Waals surface area contributed by atoms with Gasteiger partial charge in [-0.15, -0.1) is 0 Å². The fourth-order valence-electron chi connectivity index (χ4n) is 2.72. The highest BCUT2D eigenvalue weighted by molar-refractivity contribution is 7.85. The van der Waals surface area contributed by atoms with Crippen LogP contribution in [0.25, 0.3) is 10.9 Å². The summed E-state index contributed by atoms with van der Waals surface area (Å²) < 4.78 is 29.6. The average Bonchev–Trinajstić information content (AvgIpc) is 3.05. The average molecular weight is 432 g/mol. The predicted molar refractivity (Wildman–Crippen MR) is 118 cm³/mol. The first-order valence-electron chi connectivity index (χ1n) is 8.88. The molecule has 0 bridgehead atoms. The molecule has 9 nitrogen and oxygen atoms in total. The van der Waals surface area contributed by atoms with E-state index in [1.54, 1.807) is 32.3 Å². The number of nitrogens with two attached hydrogens (primary N) is 1. The van der Waals surface area contributed by atoms with E-state index in [4.69, 9.17) is 15.7 Å². The number of carbonyl (C=O) groups is 1. The molecule has 0 aliphatic heterocycles. The number of H-pyrrole nitrogens is 1. The number of guanidine groups is 1. The van der Waals surface area contributed by atoms with Crippen LogP contribution >= 0.6 is 0 Å². The van der Waals surface area contributed by atoms with E-state index in [-0.39, 0.29) is 16.8 Å². The number of nitrogens with one attached hydrogen (secondary N) is 3. The Morgan fingerprint density at radius 2 is 1.73 bits per heavy atom. The summed E-state index contributed by atoms with van der Waals surface area (Å²) in [6, 6.07) is 11.5. The summed E-state index contributed by atoms with van der Waals surface area (Å²) in [4.78, 5) is 16.5. The maximum atomic E-state index is 11.9. The molecule has 1 heterocycles. The number of amides is 1. The molecule has 0 fully saturated rings. The monoisotopic (exact) mass is 431 g/mol. The summed E-state index contributed by atoms with van der Waals surface area (Å²) in [5, 5.41) is 10.9. The molecule has 1 amide bonds. The van der Waals surface area contributed by atoms with Gasteiger partial charge in [-0.25, -0.2) is 0 Å². The second-order valence-electron chi connectivity index (χ2n) is 6.97. The predicted octanol–water partition coefficient (Wildman–Crippen LogP) is 2.73. The van der Waals surface area contributed by atoms with Crippen molar-refractivity contribution in [1.82, 2.24) is 9.88 Å². The largest absolute Gasteiger partial charge is 0.370 e. The number of aromatic amines is 1. The van der Waals surface area contributed by atoms with Gasteiger partial charge in [0.25, 0.3) is 16.0 Å². The van der Waals surface area contributed by atoms with Gasteiger partial charge >= 0.3 is 0 Å². The zero-order chi connectivity index (χ0) is 22.6. The lowest BCUT2D eigenvalue weighted by molar-refractivity contribution is 0.0823. The molecule has 0 saturated carbocycles. The van der Waals surface area contributed by atoms with Crippen LogP contribution in [0.3, 0.4) is 0 Å². The van der Waals surface area contributed by atoms with Crippen molar-refractivity contribution in [2.24, 2.45) is 5.73 Å². The standard InChI is InChI=1S/C13H17N5O.C7H8O3S/c1-7-4-9(16-13(14)15)5-8-6-10(17-11(7)8)12(19)18(2)3;1-6-2-4-7(5-3-6)11(8,9)10/h4-6,17H,1-3H3,(H4,14,15,16);2-5H,1H3,(H,8,9,10). The maximum absolute atomic E-state index is 11.9. The van der Waals surface area contributed by atoms with E-state index >= 15 is 0 Å². The second kappa shape index (κ2) is 8.97. The van der Waals surface area contributed by atoms with Gasteiger partial charge in [-0.1, -0.05) is 17.7 Å². The lowest BCUT2D eigenvalue weighted by atomic mass is 10.1. The fraction of sp³-hybridized carbons (Fsp3) is 0.200. The van der Waals surface area contributed by atoms with Gasteiger partial charge in [0.1, 0.15) is 5.69 Å². The van der Waals surface area contributed by atoms with Crippen molar-refractivity contribution in [2.45, 2.75) is 18.7 Å². The third-order valence-corrected chi connectivity index (χ3v) is 5.03. The number of carbonyl (C=O) groups excluding carboxylic acids is 1. The summed E-state index contributed by atoms with van der Waals surface area (Å²) in [5.41, 5.74) is 9.45. The third-order valence-electron chi connectivity index (χ3n) is 4.16. The molecule has 2 aromatic carbocycles. The van der Waals surface area contributed by atoms with Crippen molar-refractivity contribution >= 4 is 38.6 Å². The highest BCUT2D eigenvalue weighted by Gasteiger charge is 2.13. The van der Waals surface area contributed by atoms with E-state index in [2.05, 4.69) is 10.3 Å². The molecule has 6 N–H and O–H groups in total. The Bertz CT molecular complexity index is 1180. The summed E-state index contributed by atoms with van der Waals surface area (Å²) in [5.74, 6) is -0.185. The van der Waals surface area contributed by atoms with Crippen LogP contribution in [0.4, 0.5) is 5.69 Å². The maximum Gasteiger partial charge on any atom is 0.294 e. The number of aromatic nitrogens is 1. The first-order chi connectivity index (χ1) is 13.9. The zero-order valence-corrected chi connectivity index (χ0v) is 18.0. The van der Waals surface area contributed by atoms with Crippen molar-refractivity contribution in [3.63, 3.8) is 0 Å². The number of hydrogen-bond acceptors (Lipinski definition) is 4. The minimum absolute atomic E-state index is 0.0666. The Morgan fingerprint density at radius 3 is 2.23 bits per heavy atom. The molecule has 0 unspecified atom stereocenters. The Morgan fingerprint density at radius 1 is 1.13 bits per heavy atom. The first-order valence-corrected chi connectivity index (χ1v) is 10.3. The Kier molecular flexibility index (Phi) is 6.85. The topological polar surface area (TPSA) is 152 Å². The molecule has 10 heteroatoms. The number of rotatable bonds is 3. The van der Waals surface area contributed by atoms with Gasteiger partial charge in [-0.05, 0) is 49.7 Å². The highest BCUT2D eigenvalue weighted by Crippen LogP contribution is 2.24. The van der Waals surface area contributed by atoms with Gasteiger partial charge in [0.15, 0.2) is 5.96 Å². The first kappa shape index (κ1) is 22.9. The molecular formula is C20H25N5O4S. The van der Waals surface area contributed by atoms with Crippen LogP contribution in [0.5, 0.6) is 0 Å². The third kappa shape index (κ3) is 5.82. The van der Waals surface area contributed by atoms with Gasteiger partial charge in [-0.3, -0.25) is 14.8 Å². The molecule has 0 aliphatic rings. The van der Waals surface area contributed by atoms with E-state index in [0.717, 1.165) is 27.7 Å². The van der Waals surface area contributed by atoms with Crippen LogP contribution < -0.4 is 11.1 Å². The molecule has 1 aromatic heterocycles. The summed E-state index contributed by atoms with van der Waals surface area (Å²) >= 11 is 0. The van der Waals surface area contributed by atoms with Crippen LogP contribution in [0.1, 0.15) is 21.6 Å². The number of fused-ring (bicyclic) bond motifs is 1. The molecule has 0 radical (unpaired) electrons. The van der Waals surface area contributed by atoms with Crippen LogP contribution in [-0.2, 0) is 10.1 Å². The Hall–Kier alpha value is -3.37. The van der Waals surface area contributed by atoms with E-state index in [9.17, 15) is 13.2 Å². The number of anilines is 1. The highest BCUT2D eigenvalue weighted by atomic mass is 32.2. The molecule has 0 spiro atoms. The number of nitrogens with zero attached hydrogens (tertiary/aromatic N) is 1. The van der Waals surface area contributed by atoms with Gasteiger partial charge < -0.3 is 20.9 Å². The van der Waals surface area contributed by atoms with Gasteiger partial charge in [0.05, 0.1) is 4.90 Å². The van der Waals surface area contributed by atoms with Gasteiger partial charge in [0.2, 0.25) is 0 Å². The van der Waals surface area contributed by atoms with E-state index in [1.165, 1.54) is 17.0 Å². The van der Waals surface area contributed by atoms with Gasteiger partial charge in [0, 0.05) is 30.7 Å². The molecule has 30 heavy (non-hydrogen) atoms. The normalized spacial score (nSPS) is 10.8. The summed E-state index contributed by atoms with van der Waals surface area (Å²) in [7, 11) is -0.596. The molecule has 3 aromatic rings. The van der Waals surface area contributed by atoms with Crippen LogP contribution in [-0.4, -0.2) is 48.8 Å². The molecule has 160 valence electrons. The minimum atomic E-state index is -4.02. The smallest absolute Gasteiger partial charge is 0.294 e. The molecule has 0 aliphatic carbocycles. The van der Waals surface area contributed by atoms with Crippen molar-refractivity contribution in [3.05, 3.63) is 59.3 Å². The van der Waals surface area contributed by atoms with Crippen molar-refractivity contribution in [1.29, 1.82) is 5.41 Å². The SMILES string of the molecule is Cc1cc(NC(=N)N)cc2cc(C(=O)N(C)C)[nH]c12.Cc1ccc(S(=O)(=O)O)cc1. The number of benzene rings is 2. The Balaban J connectivity index is 0.000000248. The molecule has 3 rings (SSSR count). The second-order valence-corrected chi connectivity index (χ2v) is 8.39. The van der Waals surface area contributed by atoms with Crippen molar-refractivity contribution in [3.8, 4) is 0 Å². The van der Waals surface area contributed by atoms with Gasteiger partial charge in [-0.2, -0.15) is 8.42 Å². The van der Waals surface area contributed by atoms with Crippen LogP contribution in [0.2, 0.25) is 0 Å². The van der Waals surface area contributed by atoms with E-state index in [1.807, 2.05) is 26.0 Å². The summed E-state index contributed by atoms with van der Waals surface area (Å²) in [6.07, 6.45) is 0. The number of hydrogen-bond donors (Lipinski definition) is 5. The number of aryl methyl sites for hydroxylation is 2. The molecule has 0 atom stereocenters. The molecular weight excluding hydrogens is 406 g/mol. The quantitative estimate of drug-likeness (QED) is 0.244. The van der Waals surface area contributed by atoms with Crippen LogP contribution in [0.15, 0.2) is 47.4 Å². The molecule has 0 saturated heterocycles. The fourth-order valence-corrected chi connectivity index (χ4v) is 3.20. The summed E-state index contributed by atoms with van der Waals surface area (Å²) in [6.45, 7) is 3.78. The van der Waals surface area contributed by atoms with Crippen molar-refractivity contribution in [2.75, 3.05) is 19.4 Å². The lowest BCUT2D eigenvalue weighted by Gasteiger charge is -2.07. The van der Waals surface area contributed by atoms with E-state index in [0.29, 0.717) is 5.69 Å². The zero-order valence-electron chi connectivity index (χ0n) is 17.1. The van der Waals surface area contributed by atoms with Crippen molar-refractivity contribution < 1.29 is 17.8 Å². The lowest BCUT2D eigenvalue weighted by Crippen LogP contribution is -2.21. The van der Waals surface area contributed by atoms with Crippen LogP contribution in [0, 0.1) is 19.3 Å². The van der Waals surface area contributed by atoms with E-state index < -0.39 is 10.1 Å². The Labute approximate surface area is 175 Å².